The first-order valence-corrected chi connectivity index (χ1v) is 8.94. The van der Waals surface area contributed by atoms with Gasteiger partial charge in [0.2, 0.25) is 0 Å². The first kappa shape index (κ1) is 21.8. The number of aliphatic imine (C=N–C) groups is 1. The lowest BCUT2D eigenvalue weighted by Gasteiger charge is -2.31. The topological polar surface area (TPSA) is 39.7 Å². The molecule has 1 fully saturated rings. The average molecular weight is 454 g/mol. The van der Waals surface area contributed by atoms with E-state index in [9.17, 15) is 0 Å². The summed E-state index contributed by atoms with van der Waals surface area (Å²) in [5.41, 5.74) is 2.73. The molecule has 2 N–H and O–H groups in total. The molecule has 1 heterocycles. The molecule has 1 aliphatic rings. The van der Waals surface area contributed by atoms with Gasteiger partial charge in [0.1, 0.15) is 0 Å². The van der Waals surface area contributed by atoms with Gasteiger partial charge < -0.3 is 10.6 Å². The molecule has 25 heavy (non-hydrogen) atoms. The van der Waals surface area contributed by atoms with Crippen molar-refractivity contribution in [2.75, 3.05) is 32.7 Å². The number of halogens is 1. The molecule has 0 aromatic heterocycles. The average Bonchev–Trinajstić information content (AvgIpc) is 2.60. The zero-order valence-corrected chi connectivity index (χ0v) is 17.8. The molecule has 0 atom stereocenters. The molecule has 0 radical (unpaired) electrons. The van der Waals surface area contributed by atoms with Crippen LogP contribution in [0.15, 0.2) is 29.3 Å². The van der Waals surface area contributed by atoms with E-state index < -0.39 is 0 Å². The molecule has 0 bridgehead atoms. The highest BCUT2D eigenvalue weighted by Crippen LogP contribution is 2.19. The standard InChI is InChI=1S/C20H30N4.HI/c1-4-12-22-20(21-5-2)23-15-18-10-13-24(14-11-18)16-19-8-6-17(3)7-9-19;/h1,6-9,18H,5,10-16H2,2-3H3,(H2,21,22,23);1H. The zero-order valence-electron chi connectivity index (χ0n) is 15.4. The number of terminal acetylenes is 1. The van der Waals surface area contributed by atoms with Crippen molar-refractivity contribution in [3.8, 4) is 12.3 Å². The fourth-order valence-corrected chi connectivity index (χ4v) is 2.98. The number of likely N-dealkylation sites (tertiary alicyclic amines) is 1. The monoisotopic (exact) mass is 454 g/mol. The van der Waals surface area contributed by atoms with E-state index in [1.807, 2.05) is 0 Å². The molecular formula is C20H31IN4. The number of piperidine rings is 1. The van der Waals surface area contributed by atoms with Gasteiger partial charge in [-0.25, -0.2) is 0 Å². The Hall–Kier alpha value is -1.26. The number of hydrogen-bond acceptors (Lipinski definition) is 2. The maximum absolute atomic E-state index is 5.30. The third-order valence-electron chi connectivity index (χ3n) is 4.44. The maximum Gasteiger partial charge on any atom is 0.192 e. The first-order chi connectivity index (χ1) is 11.7. The number of hydrogen-bond donors (Lipinski definition) is 2. The van der Waals surface area contributed by atoms with Gasteiger partial charge in [0.05, 0.1) is 6.54 Å². The fourth-order valence-electron chi connectivity index (χ4n) is 2.98. The van der Waals surface area contributed by atoms with Crippen LogP contribution in [0.1, 0.15) is 30.9 Å². The molecule has 1 aromatic rings. The van der Waals surface area contributed by atoms with E-state index in [2.05, 4.69) is 64.6 Å². The molecule has 1 aromatic carbocycles. The van der Waals surface area contributed by atoms with Crippen LogP contribution in [0.4, 0.5) is 0 Å². The quantitative estimate of drug-likeness (QED) is 0.301. The Kier molecular flexibility index (Phi) is 10.6. The molecule has 0 spiro atoms. The van der Waals surface area contributed by atoms with Gasteiger partial charge in [-0.1, -0.05) is 35.7 Å². The van der Waals surface area contributed by atoms with Crippen molar-refractivity contribution in [3.63, 3.8) is 0 Å². The van der Waals surface area contributed by atoms with Crippen molar-refractivity contribution in [3.05, 3.63) is 35.4 Å². The molecule has 0 unspecified atom stereocenters. The van der Waals surface area contributed by atoms with Crippen molar-refractivity contribution >= 4 is 29.9 Å². The minimum absolute atomic E-state index is 0. The summed E-state index contributed by atoms with van der Waals surface area (Å²) < 4.78 is 0. The molecule has 2 rings (SSSR count). The Morgan fingerprint density at radius 3 is 2.52 bits per heavy atom. The lowest BCUT2D eigenvalue weighted by atomic mass is 9.96. The van der Waals surface area contributed by atoms with Crippen molar-refractivity contribution in [2.24, 2.45) is 10.9 Å². The summed E-state index contributed by atoms with van der Waals surface area (Å²) in [5, 5.41) is 6.38. The molecule has 1 saturated heterocycles. The van der Waals surface area contributed by atoms with Crippen LogP contribution in [0.2, 0.25) is 0 Å². The highest BCUT2D eigenvalue weighted by molar-refractivity contribution is 14.0. The Balaban J connectivity index is 0.00000312. The lowest BCUT2D eigenvalue weighted by molar-refractivity contribution is 0.180. The molecule has 0 amide bonds. The molecule has 0 saturated carbocycles. The molecule has 0 aliphatic carbocycles. The summed E-state index contributed by atoms with van der Waals surface area (Å²) in [4.78, 5) is 7.22. The van der Waals surface area contributed by atoms with E-state index in [-0.39, 0.29) is 24.0 Å². The van der Waals surface area contributed by atoms with Crippen LogP contribution in [-0.4, -0.2) is 43.6 Å². The van der Waals surface area contributed by atoms with Crippen LogP contribution in [0.3, 0.4) is 0 Å². The number of nitrogens with zero attached hydrogens (tertiary/aromatic N) is 2. The lowest BCUT2D eigenvalue weighted by Crippen LogP contribution is -2.38. The van der Waals surface area contributed by atoms with Gasteiger partial charge in [-0.15, -0.1) is 30.4 Å². The van der Waals surface area contributed by atoms with Gasteiger partial charge in [-0.2, -0.15) is 0 Å². The normalized spacial score (nSPS) is 16.0. The molecule has 5 heteroatoms. The van der Waals surface area contributed by atoms with E-state index in [1.54, 1.807) is 0 Å². The second kappa shape index (κ2) is 12.2. The predicted octanol–water partition coefficient (Wildman–Crippen LogP) is 3.01. The van der Waals surface area contributed by atoms with Crippen molar-refractivity contribution in [2.45, 2.75) is 33.2 Å². The third kappa shape index (κ3) is 8.10. The second-order valence-electron chi connectivity index (χ2n) is 6.48. The maximum atomic E-state index is 5.30. The van der Waals surface area contributed by atoms with Gasteiger partial charge in [0, 0.05) is 19.6 Å². The molecule has 4 nitrogen and oxygen atoms in total. The van der Waals surface area contributed by atoms with E-state index in [1.165, 1.54) is 24.0 Å². The van der Waals surface area contributed by atoms with Crippen LogP contribution in [0, 0.1) is 25.2 Å². The smallest absolute Gasteiger partial charge is 0.192 e. The summed E-state index contributed by atoms with van der Waals surface area (Å²) >= 11 is 0. The van der Waals surface area contributed by atoms with Crippen LogP contribution in [0.25, 0.3) is 0 Å². The SMILES string of the molecule is C#CCNC(=NCC1CCN(Cc2ccc(C)cc2)CC1)NCC.I. The van der Waals surface area contributed by atoms with Crippen molar-refractivity contribution < 1.29 is 0 Å². The summed E-state index contributed by atoms with van der Waals surface area (Å²) in [7, 11) is 0. The first-order valence-electron chi connectivity index (χ1n) is 8.94. The molecule has 138 valence electrons. The summed E-state index contributed by atoms with van der Waals surface area (Å²) in [6.07, 6.45) is 7.72. The molecular weight excluding hydrogens is 423 g/mol. The van der Waals surface area contributed by atoms with Gasteiger partial charge in [0.15, 0.2) is 5.96 Å². The van der Waals surface area contributed by atoms with E-state index in [0.29, 0.717) is 12.5 Å². The largest absolute Gasteiger partial charge is 0.357 e. The fraction of sp³-hybridized carbons (Fsp3) is 0.550. The Morgan fingerprint density at radius 2 is 1.92 bits per heavy atom. The van der Waals surface area contributed by atoms with Crippen LogP contribution in [-0.2, 0) is 6.54 Å². The number of rotatable bonds is 6. The Morgan fingerprint density at radius 1 is 1.24 bits per heavy atom. The number of benzene rings is 1. The van der Waals surface area contributed by atoms with E-state index in [0.717, 1.165) is 38.7 Å². The van der Waals surface area contributed by atoms with Crippen molar-refractivity contribution in [1.82, 2.24) is 15.5 Å². The number of nitrogens with one attached hydrogen (secondary N) is 2. The zero-order chi connectivity index (χ0) is 17.2. The van der Waals surface area contributed by atoms with Gasteiger partial charge >= 0.3 is 0 Å². The summed E-state index contributed by atoms with van der Waals surface area (Å²) in [5.74, 6) is 4.09. The van der Waals surface area contributed by atoms with E-state index >= 15 is 0 Å². The van der Waals surface area contributed by atoms with Gasteiger partial charge in [-0.05, 0) is 51.3 Å². The summed E-state index contributed by atoms with van der Waals surface area (Å²) in [6, 6.07) is 8.88. The minimum Gasteiger partial charge on any atom is -0.357 e. The predicted molar refractivity (Wildman–Crippen MR) is 117 cm³/mol. The summed E-state index contributed by atoms with van der Waals surface area (Å²) in [6.45, 7) is 9.81. The highest BCUT2D eigenvalue weighted by Gasteiger charge is 2.19. The van der Waals surface area contributed by atoms with Gasteiger partial charge in [0.25, 0.3) is 0 Å². The van der Waals surface area contributed by atoms with Crippen molar-refractivity contribution in [1.29, 1.82) is 0 Å². The van der Waals surface area contributed by atoms with Gasteiger partial charge in [-0.3, -0.25) is 9.89 Å². The number of aryl methyl sites for hydroxylation is 1. The third-order valence-corrected chi connectivity index (χ3v) is 4.44. The molecule has 1 aliphatic heterocycles. The van der Waals surface area contributed by atoms with Crippen LogP contribution in [0.5, 0.6) is 0 Å². The van der Waals surface area contributed by atoms with Crippen LogP contribution >= 0.6 is 24.0 Å². The Bertz CT molecular complexity index is 554. The minimum atomic E-state index is 0. The second-order valence-corrected chi connectivity index (χ2v) is 6.48. The van der Waals surface area contributed by atoms with Crippen LogP contribution < -0.4 is 10.6 Å². The van der Waals surface area contributed by atoms with E-state index in [4.69, 9.17) is 6.42 Å². The highest BCUT2D eigenvalue weighted by atomic mass is 127. The Labute approximate surface area is 169 Å². The number of guanidine groups is 1.